The van der Waals surface area contributed by atoms with E-state index in [-0.39, 0.29) is 32.2 Å². The summed E-state index contributed by atoms with van der Waals surface area (Å²) in [5.74, 6) is 3.11. The van der Waals surface area contributed by atoms with Crippen LogP contribution in [0, 0.1) is 26.2 Å². The Hall–Kier alpha value is -2.22. The summed E-state index contributed by atoms with van der Waals surface area (Å²) in [6, 6.07) is 41.7. The third-order valence-corrected chi connectivity index (χ3v) is 12.4. The van der Waals surface area contributed by atoms with Crippen LogP contribution in [0.2, 0.25) is 0 Å². The van der Waals surface area contributed by atoms with Gasteiger partial charge >= 0.3 is 30.2 Å². The van der Waals surface area contributed by atoms with E-state index in [1.165, 1.54) is 166 Å². The number of halogens is 2. The Balaban J connectivity index is 0.000000344. The van der Waals surface area contributed by atoms with Crippen LogP contribution < -0.4 is 0 Å². The zero-order valence-corrected chi connectivity index (χ0v) is 41.5. The molecule has 2 unspecified atom stereocenters. The van der Waals surface area contributed by atoms with Gasteiger partial charge in [0.05, 0.1) is 0 Å². The van der Waals surface area contributed by atoms with Gasteiger partial charge in [0, 0.05) is 0 Å². The van der Waals surface area contributed by atoms with Crippen molar-refractivity contribution in [2.75, 3.05) is 0 Å². The van der Waals surface area contributed by atoms with E-state index in [1.54, 1.807) is 0 Å². The molecule has 0 spiro atoms. The first-order valence-corrected chi connectivity index (χ1v) is 25.7. The van der Waals surface area contributed by atoms with E-state index in [2.05, 4.69) is 151 Å². The molecule has 0 aliphatic heterocycles. The summed E-state index contributed by atoms with van der Waals surface area (Å²) in [4.78, 5) is 0. The second kappa shape index (κ2) is 26.9. The fourth-order valence-corrected chi connectivity index (χ4v) is 8.88. The number of rotatable bonds is 10. The summed E-state index contributed by atoms with van der Waals surface area (Å²) in [5, 5.41) is 5.64. The Labute approximate surface area is 383 Å². The van der Waals surface area contributed by atoms with Crippen LogP contribution in [0.1, 0.15) is 139 Å². The van der Waals surface area contributed by atoms with Crippen LogP contribution in [-0.2, 0) is 36.2 Å². The summed E-state index contributed by atoms with van der Waals surface area (Å²) in [6.45, 7) is 17.7. The molecule has 6 aromatic rings. The van der Waals surface area contributed by atoms with E-state index in [1.807, 2.05) is 6.92 Å². The standard InChI is InChI=1S/2C25H29.C3H7.CH3.2ClH.Si.Zr/c2*1-3-18(2)21-11-13-22(14-12-21)24-10-6-9-23-16-20(17-25(23)24)15-19-7-4-5-8-19;1-3-2;;;;;/h2*6,9-14,16-19H,3-5,7-8,15H2,1-2H3;1,3H2,2H3;1H3;2*1H;;/q4*-1;;;;. The number of hydrogen-bond donors (Lipinski definition) is 0. The molecule has 2 fully saturated rings. The van der Waals surface area contributed by atoms with Crippen molar-refractivity contribution in [3.8, 4) is 22.3 Å². The summed E-state index contributed by atoms with van der Waals surface area (Å²) in [6.07, 6.45) is 17.3. The molecule has 58 heavy (non-hydrogen) atoms. The van der Waals surface area contributed by atoms with Gasteiger partial charge in [-0.1, -0.05) is 158 Å². The third kappa shape index (κ3) is 13.9. The van der Waals surface area contributed by atoms with E-state index >= 15 is 0 Å². The van der Waals surface area contributed by atoms with Gasteiger partial charge in [-0.3, -0.25) is 0 Å². The zero-order chi connectivity index (χ0) is 39.2. The van der Waals surface area contributed by atoms with Crippen molar-refractivity contribution in [1.29, 1.82) is 0 Å². The molecule has 0 saturated heterocycles. The number of hydrogen-bond acceptors (Lipinski definition) is 0. The molecule has 6 aromatic carbocycles. The van der Waals surface area contributed by atoms with Crippen molar-refractivity contribution >= 4 is 53.2 Å². The molecule has 2 atom stereocenters. The third-order valence-electron chi connectivity index (χ3n) is 12.4. The van der Waals surface area contributed by atoms with Crippen LogP contribution >= 0.6 is 24.8 Å². The Morgan fingerprint density at radius 2 is 0.914 bits per heavy atom. The predicted molar refractivity (Wildman–Crippen MR) is 261 cm³/mol. The predicted octanol–water partition coefficient (Wildman–Crippen LogP) is 17.1. The Morgan fingerprint density at radius 1 is 0.586 bits per heavy atom. The second-order valence-corrected chi connectivity index (χ2v) is 16.4. The van der Waals surface area contributed by atoms with Gasteiger partial charge in [-0.2, -0.15) is 18.6 Å². The molecule has 2 aliphatic rings. The van der Waals surface area contributed by atoms with Crippen LogP contribution in [0.25, 0.3) is 43.8 Å². The van der Waals surface area contributed by atoms with E-state index < -0.39 is 0 Å². The summed E-state index contributed by atoms with van der Waals surface area (Å²) in [7, 11) is 0. The first-order chi connectivity index (χ1) is 26.9. The Kier molecular flexibility index (Phi) is 24.1. The molecule has 2 aliphatic carbocycles. The van der Waals surface area contributed by atoms with Crippen LogP contribution in [0.5, 0.6) is 0 Å². The van der Waals surface area contributed by atoms with Gasteiger partial charge in [-0.05, 0) is 71.6 Å². The van der Waals surface area contributed by atoms with Crippen molar-refractivity contribution in [3.05, 3.63) is 146 Å². The van der Waals surface area contributed by atoms with Crippen molar-refractivity contribution in [2.24, 2.45) is 11.8 Å². The first kappa shape index (κ1) is 51.9. The van der Waals surface area contributed by atoms with Crippen LogP contribution in [0.4, 0.5) is 0 Å². The topological polar surface area (TPSA) is 0 Å². The average molecular weight is 909 g/mol. The maximum absolute atomic E-state index is 3.49. The molecule has 0 nitrogen and oxygen atoms in total. The minimum atomic E-state index is 0. The van der Waals surface area contributed by atoms with Gasteiger partial charge in [0.15, 0.2) is 0 Å². The fraction of sp³-hybridized carbons (Fsp3) is 0.407. The molecule has 0 heterocycles. The normalized spacial score (nSPS) is 14.6. The molecule has 0 aromatic heterocycles. The molecule has 2 radical (unpaired) electrons. The monoisotopic (exact) mass is 906 g/mol. The Bertz CT molecular complexity index is 1860. The molecule has 8 rings (SSSR count). The molecular formula is C54H70Cl2SiZr-4. The summed E-state index contributed by atoms with van der Waals surface area (Å²) >= 11 is 1.36. The first-order valence-electron chi connectivity index (χ1n) is 21.5. The molecule has 0 N–H and O–H groups in total. The SMILES string of the molecule is CCC(C)c1ccc(-c2cccc3[cH-]c(CC4CCCC4)cc23)cc1.CCC(C)c1ccc(-c2cccc3[cH-]c(CC4CCCC4)cc23)cc1.Cl.Cl.[CH2-]CC.[CH3-].[Si]=[Zr]. The fourth-order valence-electron chi connectivity index (χ4n) is 8.88. The molecule has 4 heteroatoms. The quantitative estimate of drug-likeness (QED) is 0.0949. The van der Waals surface area contributed by atoms with Gasteiger partial charge in [0.25, 0.3) is 0 Å². The van der Waals surface area contributed by atoms with Crippen molar-refractivity contribution < 1.29 is 23.3 Å². The van der Waals surface area contributed by atoms with E-state index in [0.717, 1.165) is 18.3 Å². The molecule has 2 saturated carbocycles. The van der Waals surface area contributed by atoms with Crippen LogP contribution in [0.3, 0.4) is 0 Å². The molecule has 0 amide bonds. The maximum atomic E-state index is 3.49. The van der Waals surface area contributed by atoms with Crippen molar-refractivity contribution in [1.82, 2.24) is 0 Å². The number of benzene rings is 4. The van der Waals surface area contributed by atoms with Gasteiger partial charge in [-0.25, -0.2) is 0 Å². The van der Waals surface area contributed by atoms with Gasteiger partial charge in [-0.15, -0.1) is 93.9 Å². The van der Waals surface area contributed by atoms with Crippen molar-refractivity contribution in [2.45, 2.75) is 130 Å². The molecule has 312 valence electrons. The van der Waals surface area contributed by atoms with E-state index in [0.29, 0.717) is 11.8 Å². The van der Waals surface area contributed by atoms with Gasteiger partial charge < -0.3 is 14.4 Å². The number of fused-ring (bicyclic) bond motifs is 2. The Morgan fingerprint density at radius 3 is 1.22 bits per heavy atom. The van der Waals surface area contributed by atoms with Crippen LogP contribution in [-0.4, -0.2) is 6.88 Å². The van der Waals surface area contributed by atoms with Gasteiger partial charge in [0.1, 0.15) is 0 Å². The molecular weight excluding hydrogens is 839 g/mol. The average Bonchev–Trinajstić information content (AvgIpc) is 4.07. The van der Waals surface area contributed by atoms with Gasteiger partial charge in [0.2, 0.25) is 0 Å². The summed E-state index contributed by atoms with van der Waals surface area (Å²) < 4.78 is 0. The molecule has 0 bridgehead atoms. The second-order valence-electron chi connectivity index (χ2n) is 16.4. The van der Waals surface area contributed by atoms with Crippen molar-refractivity contribution in [3.63, 3.8) is 0 Å². The van der Waals surface area contributed by atoms with E-state index in [9.17, 15) is 0 Å². The zero-order valence-electron chi connectivity index (χ0n) is 36.4. The minimum absolute atomic E-state index is 0. The van der Waals surface area contributed by atoms with Crippen LogP contribution in [0.15, 0.2) is 109 Å². The van der Waals surface area contributed by atoms with E-state index in [4.69, 9.17) is 0 Å². The summed E-state index contributed by atoms with van der Waals surface area (Å²) in [5.41, 5.74) is 11.4.